The molecule has 30 heavy (non-hydrogen) atoms. The second kappa shape index (κ2) is 9.55. The Morgan fingerprint density at radius 3 is 2.60 bits per heavy atom. The van der Waals surface area contributed by atoms with E-state index in [4.69, 9.17) is 15.5 Å². The lowest BCUT2D eigenvalue weighted by Gasteiger charge is -2.10. The van der Waals surface area contributed by atoms with Crippen LogP contribution in [0.5, 0.6) is 5.75 Å². The number of ether oxygens (including phenoxy) is 1. The molecule has 3 N–H and O–H groups in total. The molecule has 0 radical (unpaired) electrons. The minimum atomic E-state index is 0.179. The molecule has 4 aromatic rings. The number of para-hydroxylation sites is 2. The third-order valence-corrected chi connectivity index (χ3v) is 6.01. The van der Waals surface area contributed by atoms with Crippen molar-refractivity contribution < 1.29 is 4.74 Å². The standard InChI is InChI=1S/C21H20N6OS2/c1-28-17-10-6-5-9-16(17)24-21-26-18(25-20(22)27-21)13-29-11-15-12-30-19(23-15)14-7-3-2-4-8-14/h2-10,12H,11,13H2,1H3,(H3,22,24,25,26,27). The van der Waals surface area contributed by atoms with Gasteiger partial charge in [0.05, 0.1) is 24.2 Å². The molecule has 0 aliphatic carbocycles. The van der Waals surface area contributed by atoms with Gasteiger partial charge in [-0.15, -0.1) is 23.1 Å². The number of anilines is 3. The molecule has 2 aromatic carbocycles. The van der Waals surface area contributed by atoms with E-state index in [0.717, 1.165) is 27.7 Å². The number of methoxy groups -OCH3 is 1. The van der Waals surface area contributed by atoms with Crippen molar-refractivity contribution in [3.05, 3.63) is 71.5 Å². The number of nitrogen functional groups attached to an aromatic ring is 1. The summed E-state index contributed by atoms with van der Waals surface area (Å²) in [5.74, 6) is 3.25. The van der Waals surface area contributed by atoms with E-state index in [0.29, 0.717) is 23.3 Å². The molecule has 0 bridgehead atoms. The molecule has 2 heterocycles. The Kier molecular flexibility index (Phi) is 6.41. The minimum Gasteiger partial charge on any atom is -0.495 e. The van der Waals surface area contributed by atoms with E-state index in [9.17, 15) is 0 Å². The van der Waals surface area contributed by atoms with Crippen molar-refractivity contribution in [2.75, 3.05) is 18.2 Å². The summed E-state index contributed by atoms with van der Waals surface area (Å²) >= 11 is 3.33. The number of nitrogens with zero attached hydrogens (tertiary/aromatic N) is 4. The van der Waals surface area contributed by atoms with Crippen LogP contribution in [0, 0.1) is 0 Å². The molecule has 0 fully saturated rings. The van der Waals surface area contributed by atoms with Crippen molar-refractivity contribution in [2.45, 2.75) is 11.5 Å². The van der Waals surface area contributed by atoms with Gasteiger partial charge in [0, 0.05) is 16.7 Å². The molecule has 0 saturated carbocycles. The van der Waals surface area contributed by atoms with Gasteiger partial charge in [-0.3, -0.25) is 0 Å². The van der Waals surface area contributed by atoms with Gasteiger partial charge in [0.15, 0.2) is 0 Å². The molecule has 0 spiro atoms. The van der Waals surface area contributed by atoms with Gasteiger partial charge >= 0.3 is 0 Å². The van der Waals surface area contributed by atoms with Crippen LogP contribution in [-0.2, 0) is 11.5 Å². The van der Waals surface area contributed by atoms with Crippen molar-refractivity contribution >= 4 is 40.7 Å². The average molecular weight is 437 g/mol. The molecule has 2 aromatic heterocycles. The molecule has 0 unspecified atom stereocenters. The summed E-state index contributed by atoms with van der Waals surface area (Å²) < 4.78 is 5.35. The zero-order valence-corrected chi connectivity index (χ0v) is 17.9. The molecule has 9 heteroatoms. The lowest BCUT2D eigenvalue weighted by Crippen LogP contribution is -2.07. The Morgan fingerprint density at radius 2 is 1.77 bits per heavy atom. The fraction of sp³-hybridized carbons (Fsp3) is 0.143. The Hall–Kier alpha value is -3.17. The van der Waals surface area contributed by atoms with Gasteiger partial charge in [0.25, 0.3) is 0 Å². The Labute approximate surface area is 182 Å². The molecular weight excluding hydrogens is 416 g/mol. The number of nitrogens with one attached hydrogen (secondary N) is 1. The number of hydrogen-bond acceptors (Lipinski definition) is 9. The van der Waals surface area contributed by atoms with Crippen LogP contribution < -0.4 is 15.8 Å². The largest absolute Gasteiger partial charge is 0.495 e. The van der Waals surface area contributed by atoms with Gasteiger partial charge in [-0.1, -0.05) is 42.5 Å². The van der Waals surface area contributed by atoms with Crippen molar-refractivity contribution in [2.24, 2.45) is 0 Å². The zero-order valence-electron chi connectivity index (χ0n) is 16.3. The van der Waals surface area contributed by atoms with Crippen molar-refractivity contribution in [1.82, 2.24) is 19.9 Å². The van der Waals surface area contributed by atoms with Crippen LogP contribution in [0.4, 0.5) is 17.6 Å². The van der Waals surface area contributed by atoms with Gasteiger partial charge in [-0.25, -0.2) is 4.98 Å². The topological polar surface area (TPSA) is 98.8 Å². The lowest BCUT2D eigenvalue weighted by molar-refractivity contribution is 0.417. The lowest BCUT2D eigenvalue weighted by atomic mass is 10.2. The number of aromatic nitrogens is 4. The number of hydrogen-bond donors (Lipinski definition) is 2. The van der Waals surface area contributed by atoms with Crippen LogP contribution in [0.25, 0.3) is 10.6 Å². The van der Waals surface area contributed by atoms with Gasteiger partial charge in [-0.05, 0) is 12.1 Å². The Balaban J connectivity index is 1.39. The summed E-state index contributed by atoms with van der Waals surface area (Å²) in [5.41, 5.74) is 8.82. The third-order valence-electron chi connectivity index (χ3n) is 4.11. The number of thioether (sulfide) groups is 1. The first-order valence-corrected chi connectivity index (χ1v) is 11.2. The maximum atomic E-state index is 5.88. The van der Waals surface area contributed by atoms with E-state index < -0.39 is 0 Å². The van der Waals surface area contributed by atoms with Crippen LogP contribution in [0.1, 0.15) is 11.5 Å². The molecule has 0 aliphatic heterocycles. The quantitative estimate of drug-likeness (QED) is 0.408. The number of rotatable bonds is 8. The molecular formula is C21H20N6OS2. The Morgan fingerprint density at radius 1 is 0.967 bits per heavy atom. The van der Waals surface area contributed by atoms with Crippen molar-refractivity contribution in [1.29, 1.82) is 0 Å². The maximum absolute atomic E-state index is 5.88. The zero-order chi connectivity index (χ0) is 20.8. The third kappa shape index (κ3) is 5.05. The summed E-state index contributed by atoms with van der Waals surface area (Å²) in [5, 5.41) is 6.26. The molecule has 4 rings (SSSR count). The van der Waals surface area contributed by atoms with Gasteiger partial charge < -0.3 is 15.8 Å². The normalized spacial score (nSPS) is 10.7. The molecule has 0 atom stereocenters. The van der Waals surface area contributed by atoms with E-state index in [1.54, 1.807) is 30.2 Å². The van der Waals surface area contributed by atoms with E-state index in [1.807, 2.05) is 42.5 Å². The summed E-state index contributed by atoms with van der Waals surface area (Å²) in [7, 11) is 1.62. The second-order valence-corrected chi connectivity index (χ2v) is 8.11. The van der Waals surface area contributed by atoms with Gasteiger partial charge in [-0.2, -0.15) is 15.0 Å². The molecule has 0 amide bonds. The highest BCUT2D eigenvalue weighted by Gasteiger charge is 2.09. The highest BCUT2D eigenvalue weighted by Crippen LogP contribution is 2.27. The van der Waals surface area contributed by atoms with Crippen LogP contribution in [0.15, 0.2) is 60.0 Å². The SMILES string of the molecule is COc1ccccc1Nc1nc(N)nc(CSCc2csc(-c3ccccc3)n2)n1. The fourth-order valence-corrected chi connectivity index (χ4v) is 4.46. The van der Waals surface area contributed by atoms with Crippen molar-refractivity contribution in [3.8, 4) is 16.3 Å². The van der Waals surface area contributed by atoms with Crippen LogP contribution in [0.3, 0.4) is 0 Å². The summed E-state index contributed by atoms with van der Waals surface area (Å²) in [6, 6.07) is 17.7. The number of benzene rings is 2. The van der Waals surface area contributed by atoms with Crippen LogP contribution in [-0.4, -0.2) is 27.0 Å². The van der Waals surface area contributed by atoms with Crippen LogP contribution >= 0.6 is 23.1 Å². The Bertz CT molecular complexity index is 1120. The van der Waals surface area contributed by atoms with Crippen LogP contribution in [0.2, 0.25) is 0 Å². The monoisotopic (exact) mass is 436 g/mol. The highest BCUT2D eigenvalue weighted by molar-refractivity contribution is 7.97. The first-order valence-electron chi connectivity index (χ1n) is 9.19. The minimum absolute atomic E-state index is 0.179. The molecule has 7 nitrogen and oxygen atoms in total. The first-order chi connectivity index (χ1) is 14.7. The fourth-order valence-electron chi connectivity index (χ4n) is 2.76. The second-order valence-electron chi connectivity index (χ2n) is 6.26. The predicted octanol–water partition coefficient (Wildman–Crippen LogP) is 4.76. The summed E-state index contributed by atoms with van der Waals surface area (Å²) in [6.45, 7) is 0. The maximum Gasteiger partial charge on any atom is 0.232 e. The molecule has 152 valence electrons. The van der Waals surface area contributed by atoms with E-state index >= 15 is 0 Å². The average Bonchev–Trinajstić information content (AvgIpc) is 3.23. The van der Waals surface area contributed by atoms with Crippen molar-refractivity contribution in [3.63, 3.8) is 0 Å². The van der Waals surface area contributed by atoms with Gasteiger partial charge in [0.2, 0.25) is 11.9 Å². The highest BCUT2D eigenvalue weighted by atomic mass is 32.2. The summed E-state index contributed by atoms with van der Waals surface area (Å²) in [6.07, 6.45) is 0. The first kappa shape index (κ1) is 20.1. The number of thiazole rings is 1. The van der Waals surface area contributed by atoms with Gasteiger partial charge in [0.1, 0.15) is 16.6 Å². The van der Waals surface area contributed by atoms with E-state index in [2.05, 4.69) is 37.8 Å². The smallest absolute Gasteiger partial charge is 0.232 e. The molecule has 0 saturated heterocycles. The summed E-state index contributed by atoms with van der Waals surface area (Å²) in [4.78, 5) is 17.6. The predicted molar refractivity (Wildman–Crippen MR) is 123 cm³/mol. The van der Waals surface area contributed by atoms with E-state index in [-0.39, 0.29) is 5.95 Å². The van der Waals surface area contributed by atoms with E-state index in [1.165, 1.54) is 0 Å². The number of nitrogens with two attached hydrogens (primary N) is 1. The molecule has 0 aliphatic rings.